The summed E-state index contributed by atoms with van der Waals surface area (Å²) in [6.07, 6.45) is 3.09. The van der Waals surface area contributed by atoms with Crippen molar-refractivity contribution in [3.05, 3.63) is 87.1 Å². The van der Waals surface area contributed by atoms with E-state index in [0.717, 1.165) is 17.3 Å². The second-order valence-electron chi connectivity index (χ2n) is 5.98. The fourth-order valence-corrected chi connectivity index (χ4v) is 3.83. The predicted molar refractivity (Wildman–Crippen MR) is 114 cm³/mol. The van der Waals surface area contributed by atoms with Crippen LogP contribution in [0.15, 0.2) is 60.0 Å². The number of ether oxygens (including phenoxy) is 1. The van der Waals surface area contributed by atoms with Crippen molar-refractivity contribution in [1.82, 2.24) is 4.90 Å². The van der Waals surface area contributed by atoms with E-state index in [9.17, 15) is 19.3 Å². The molecule has 0 atom stereocenters. The number of nitro benzene ring substituents is 1. The molecule has 9 heteroatoms. The third-order valence-corrected chi connectivity index (χ3v) is 5.36. The highest BCUT2D eigenvalue weighted by molar-refractivity contribution is 8.26. The average Bonchev–Trinajstić information content (AvgIpc) is 2.96. The molecule has 0 spiro atoms. The van der Waals surface area contributed by atoms with Gasteiger partial charge in [0, 0.05) is 24.2 Å². The third-order valence-electron chi connectivity index (χ3n) is 3.98. The monoisotopic (exact) mass is 430 g/mol. The van der Waals surface area contributed by atoms with Crippen molar-refractivity contribution in [2.75, 3.05) is 6.54 Å². The van der Waals surface area contributed by atoms with Crippen LogP contribution in [0.1, 0.15) is 11.1 Å². The molecule has 0 N–H and O–H groups in total. The number of halogens is 1. The molecule has 1 amide bonds. The number of nitrogens with zero attached hydrogens (tertiary/aromatic N) is 2. The Morgan fingerprint density at radius 1 is 1.28 bits per heavy atom. The molecule has 2 aromatic rings. The quantitative estimate of drug-likeness (QED) is 0.208. The number of hydrogen-bond acceptors (Lipinski definition) is 6. The maximum absolute atomic E-state index is 13.0. The first-order chi connectivity index (χ1) is 13.9. The summed E-state index contributed by atoms with van der Waals surface area (Å²) in [6.45, 7) is 4.02. The molecular formula is C20H15FN2O4S2. The zero-order chi connectivity index (χ0) is 21.0. The van der Waals surface area contributed by atoms with E-state index < -0.39 is 4.92 Å². The van der Waals surface area contributed by atoms with Crippen molar-refractivity contribution in [2.45, 2.75) is 6.61 Å². The van der Waals surface area contributed by atoms with Crippen LogP contribution in [0, 0.1) is 15.9 Å². The Balaban J connectivity index is 1.91. The Bertz CT molecular complexity index is 1020. The third kappa shape index (κ3) is 4.87. The van der Waals surface area contributed by atoms with Crippen LogP contribution in [0.2, 0.25) is 0 Å². The SMILES string of the molecule is C=CCN1C(=O)/C(=C/c2cc([N+](=O)[O-])ccc2OCc2ccc(F)cc2)SC1=S. The first kappa shape index (κ1) is 20.7. The minimum atomic E-state index is -0.524. The fraction of sp³-hybridized carbons (Fsp3) is 0.100. The lowest BCUT2D eigenvalue weighted by molar-refractivity contribution is -0.384. The summed E-state index contributed by atoms with van der Waals surface area (Å²) in [5.41, 5.74) is 0.973. The lowest BCUT2D eigenvalue weighted by atomic mass is 10.1. The number of carbonyl (C=O) groups excluding carboxylic acids is 1. The van der Waals surface area contributed by atoms with Gasteiger partial charge in [-0.25, -0.2) is 4.39 Å². The highest BCUT2D eigenvalue weighted by Gasteiger charge is 2.31. The molecule has 1 aliphatic rings. The first-order valence-corrected chi connectivity index (χ1v) is 9.63. The van der Waals surface area contributed by atoms with Gasteiger partial charge in [-0.05, 0) is 29.8 Å². The molecule has 0 saturated carbocycles. The molecule has 29 heavy (non-hydrogen) atoms. The van der Waals surface area contributed by atoms with E-state index in [0.29, 0.717) is 20.5 Å². The number of nitro groups is 1. The maximum atomic E-state index is 13.0. The van der Waals surface area contributed by atoms with Crippen LogP contribution < -0.4 is 4.74 Å². The van der Waals surface area contributed by atoms with E-state index in [1.807, 2.05) is 0 Å². The molecule has 3 rings (SSSR count). The number of hydrogen-bond donors (Lipinski definition) is 0. The maximum Gasteiger partial charge on any atom is 0.270 e. The molecule has 0 bridgehead atoms. The van der Waals surface area contributed by atoms with Crippen LogP contribution in [0.3, 0.4) is 0 Å². The minimum Gasteiger partial charge on any atom is -0.488 e. The highest BCUT2D eigenvalue weighted by atomic mass is 32.2. The Labute approximate surface area is 175 Å². The summed E-state index contributed by atoms with van der Waals surface area (Å²) in [5.74, 6) is -0.295. The molecule has 0 unspecified atom stereocenters. The normalized spacial score (nSPS) is 15.1. The molecule has 148 valence electrons. The van der Waals surface area contributed by atoms with Crippen molar-refractivity contribution in [3.8, 4) is 5.75 Å². The Kier molecular flexibility index (Phi) is 6.40. The lowest BCUT2D eigenvalue weighted by Crippen LogP contribution is -2.27. The smallest absolute Gasteiger partial charge is 0.270 e. The summed E-state index contributed by atoms with van der Waals surface area (Å²) in [7, 11) is 0. The van der Waals surface area contributed by atoms with Gasteiger partial charge < -0.3 is 4.74 Å². The Morgan fingerprint density at radius 2 is 2.00 bits per heavy atom. The minimum absolute atomic E-state index is 0.132. The van der Waals surface area contributed by atoms with Crippen molar-refractivity contribution >= 4 is 46.0 Å². The van der Waals surface area contributed by atoms with Crippen molar-refractivity contribution < 1.29 is 18.8 Å². The molecule has 2 aromatic carbocycles. The van der Waals surface area contributed by atoms with Crippen LogP contribution in [0.5, 0.6) is 5.75 Å². The standard InChI is InChI=1S/C20H15FN2O4S2/c1-2-9-22-19(24)18(29-20(22)28)11-14-10-16(23(25)26)7-8-17(14)27-12-13-3-5-15(21)6-4-13/h2-8,10-11H,1,9,12H2/b18-11-. The zero-order valence-electron chi connectivity index (χ0n) is 15.0. The summed E-state index contributed by atoms with van der Waals surface area (Å²) in [4.78, 5) is 24.9. The molecule has 1 aliphatic heterocycles. The Morgan fingerprint density at radius 3 is 2.66 bits per heavy atom. The molecule has 1 heterocycles. The van der Waals surface area contributed by atoms with E-state index in [-0.39, 0.29) is 30.6 Å². The molecule has 0 aromatic heterocycles. The lowest BCUT2D eigenvalue weighted by Gasteiger charge is -2.11. The number of thiocarbonyl (C=S) groups is 1. The van der Waals surface area contributed by atoms with Gasteiger partial charge in [-0.3, -0.25) is 19.8 Å². The van der Waals surface area contributed by atoms with Gasteiger partial charge in [0.2, 0.25) is 0 Å². The van der Waals surface area contributed by atoms with Gasteiger partial charge in [0.15, 0.2) is 0 Å². The van der Waals surface area contributed by atoms with Gasteiger partial charge in [-0.15, -0.1) is 6.58 Å². The summed E-state index contributed by atoms with van der Waals surface area (Å²) in [5, 5.41) is 11.2. The molecule has 6 nitrogen and oxygen atoms in total. The van der Waals surface area contributed by atoms with Crippen molar-refractivity contribution in [2.24, 2.45) is 0 Å². The predicted octanol–water partition coefficient (Wildman–Crippen LogP) is 4.70. The number of carbonyl (C=O) groups is 1. The van der Waals surface area contributed by atoms with Gasteiger partial charge in [-0.1, -0.05) is 42.2 Å². The first-order valence-electron chi connectivity index (χ1n) is 8.41. The summed E-state index contributed by atoms with van der Waals surface area (Å²) in [6, 6.07) is 9.93. The van der Waals surface area contributed by atoms with Crippen LogP contribution in [-0.2, 0) is 11.4 Å². The van der Waals surface area contributed by atoms with E-state index in [1.54, 1.807) is 18.2 Å². The van der Waals surface area contributed by atoms with E-state index >= 15 is 0 Å². The summed E-state index contributed by atoms with van der Waals surface area (Å²) < 4.78 is 19.2. The van der Waals surface area contributed by atoms with Gasteiger partial charge in [0.1, 0.15) is 22.5 Å². The zero-order valence-corrected chi connectivity index (χ0v) is 16.7. The number of amides is 1. The van der Waals surface area contributed by atoms with Gasteiger partial charge >= 0.3 is 0 Å². The topological polar surface area (TPSA) is 72.7 Å². The van der Waals surface area contributed by atoms with Gasteiger partial charge in [0.05, 0.1) is 9.83 Å². The second-order valence-corrected chi connectivity index (χ2v) is 7.65. The molecule has 0 radical (unpaired) electrons. The van der Waals surface area contributed by atoms with Gasteiger partial charge in [0.25, 0.3) is 11.6 Å². The number of benzene rings is 2. The average molecular weight is 430 g/mol. The number of non-ortho nitro benzene ring substituents is 1. The summed E-state index contributed by atoms with van der Waals surface area (Å²) >= 11 is 6.32. The van der Waals surface area contributed by atoms with Gasteiger partial charge in [-0.2, -0.15) is 0 Å². The Hall–Kier alpha value is -3.04. The van der Waals surface area contributed by atoms with E-state index in [1.165, 1.54) is 41.3 Å². The molecule has 1 fully saturated rings. The molecular weight excluding hydrogens is 415 g/mol. The fourth-order valence-electron chi connectivity index (χ4n) is 2.56. The van der Waals surface area contributed by atoms with Crippen LogP contribution in [0.25, 0.3) is 6.08 Å². The number of thioether (sulfide) groups is 1. The van der Waals surface area contributed by atoms with Crippen molar-refractivity contribution in [3.63, 3.8) is 0 Å². The van der Waals surface area contributed by atoms with Crippen LogP contribution in [0.4, 0.5) is 10.1 Å². The largest absolute Gasteiger partial charge is 0.488 e. The number of rotatable bonds is 7. The molecule has 1 saturated heterocycles. The van der Waals surface area contributed by atoms with Crippen LogP contribution in [-0.4, -0.2) is 26.6 Å². The van der Waals surface area contributed by atoms with Crippen LogP contribution >= 0.6 is 24.0 Å². The van der Waals surface area contributed by atoms with E-state index in [4.69, 9.17) is 17.0 Å². The van der Waals surface area contributed by atoms with Crippen molar-refractivity contribution in [1.29, 1.82) is 0 Å². The highest BCUT2D eigenvalue weighted by Crippen LogP contribution is 2.35. The van der Waals surface area contributed by atoms with E-state index in [2.05, 4.69) is 6.58 Å². The second kappa shape index (κ2) is 8.97. The molecule has 0 aliphatic carbocycles.